The van der Waals surface area contributed by atoms with Gasteiger partial charge in [-0.05, 0) is 6.07 Å². The summed E-state index contributed by atoms with van der Waals surface area (Å²) in [5.41, 5.74) is 6.60. The third-order valence-electron chi connectivity index (χ3n) is 1.53. The molecular formula is C7H6N4O. The molecule has 12 heavy (non-hydrogen) atoms. The number of aromatic nitrogens is 3. The van der Waals surface area contributed by atoms with Crippen molar-refractivity contribution in [2.45, 2.75) is 0 Å². The third kappa shape index (κ3) is 0.914. The molecule has 2 aromatic rings. The molecule has 0 saturated carbocycles. The molecule has 0 spiro atoms. The van der Waals surface area contributed by atoms with Crippen LogP contribution in [-0.4, -0.2) is 20.9 Å². The summed E-state index contributed by atoms with van der Waals surface area (Å²) in [4.78, 5) is 21.4. The number of carbonyl (C=O) groups excluding carboxylic acids is 1. The first-order valence-electron chi connectivity index (χ1n) is 3.37. The minimum absolute atomic E-state index is 0.330. The van der Waals surface area contributed by atoms with E-state index in [2.05, 4.69) is 15.0 Å². The Morgan fingerprint density at radius 1 is 1.42 bits per heavy atom. The summed E-state index contributed by atoms with van der Waals surface area (Å²) < 4.78 is 0. The predicted octanol–water partition coefficient (Wildman–Crippen LogP) is 0.0568. The van der Waals surface area contributed by atoms with E-state index in [1.54, 1.807) is 18.5 Å². The van der Waals surface area contributed by atoms with Crippen molar-refractivity contribution >= 4 is 17.1 Å². The van der Waals surface area contributed by atoms with Crippen LogP contribution < -0.4 is 5.73 Å². The zero-order valence-electron chi connectivity index (χ0n) is 6.11. The smallest absolute Gasteiger partial charge is 0.265 e. The summed E-state index contributed by atoms with van der Waals surface area (Å²) in [6.45, 7) is 0. The Morgan fingerprint density at radius 3 is 2.83 bits per heavy atom. The molecule has 0 unspecified atom stereocenters. The van der Waals surface area contributed by atoms with E-state index >= 15 is 0 Å². The highest BCUT2D eigenvalue weighted by atomic mass is 16.1. The van der Waals surface area contributed by atoms with Crippen molar-refractivity contribution in [1.29, 1.82) is 0 Å². The second kappa shape index (κ2) is 2.30. The largest absolute Gasteiger partial charge is 0.364 e. The molecule has 0 bridgehead atoms. The topological polar surface area (TPSA) is 84.7 Å². The van der Waals surface area contributed by atoms with E-state index in [1.165, 1.54) is 0 Å². The summed E-state index contributed by atoms with van der Waals surface area (Å²) in [7, 11) is 0. The van der Waals surface area contributed by atoms with Gasteiger partial charge in [0.05, 0.1) is 0 Å². The lowest BCUT2D eigenvalue weighted by Crippen LogP contribution is -2.10. The lowest BCUT2D eigenvalue weighted by atomic mass is 10.4. The van der Waals surface area contributed by atoms with Crippen LogP contribution in [0.5, 0.6) is 0 Å². The van der Waals surface area contributed by atoms with E-state index in [-0.39, 0.29) is 0 Å². The van der Waals surface area contributed by atoms with E-state index in [0.29, 0.717) is 16.9 Å². The van der Waals surface area contributed by atoms with Crippen LogP contribution in [0, 0.1) is 0 Å². The Labute approximate surface area is 67.6 Å². The lowest BCUT2D eigenvalue weighted by Gasteiger charge is -1.84. The third-order valence-corrected chi connectivity index (χ3v) is 1.53. The summed E-state index contributed by atoms with van der Waals surface area (Å²) in [5, 5.41) is 0. The average Bonchev–Trinajstić information content (AvgIpc) is 2.46. The van der Waals surface area contributed by atoms with Gasteiger partial charge in [-0.2, -0.15) is 0 Å². The molecule has 2 aromatic heterocycles. The molecule has 0 radical (unpaired) electrons. The highest BCUT2D eigenvalue weighted by Gasteiger charge is 2.05. The number of aromatic amines is 1. The Kier molecular flexibility index (Phi) is 1.30. The summed E-state index contributed by atoms with van der Waals surface area (Å²) in [6.07, 6.45) is 3.10. The fraction of sp³-hybridized carbons (Fsp3) is 0. The molecule has 5 heteroatoms. The van der Waals surface area contributed by atoms with Crippen LogP contribution in [0.4, 0.5) is 0 Å². The Morgan fingerprint density at radius 2 is 2.17 bits per heavy atom. The van der Waals surface area contributed by atoms with Crippen molar-refractivity contribution in [1.82, 2.24) is 15.0 Å². The van der Waals surface area contributed by atoms with Gasteiger partial charge in [-0.15, -0.1) is 0 Å². The molecule has 0 aliphatic heterocycles. The van der Waals surface area contributed by atoms with Gasteiger partial charge >= 0.3 is 0 Å². The first kappa shape index (κ1) is 6.78. The molecule has 60 valence electrons. The van der Waals surface area contributed by atoms with Crippen LogP contribution in [0.3, 0.4) is 0 Å². The number of H-pyrrole nitrogens is 1. The Balaban J connectivity index is 2.70. The first-order chi connectivity index (χ1) is 5.77. The maximum atomic E-state index is 10.7. The molecule has 2 heterocycles. The molecule has 3 N–H and O–H groups in total. The fourth-order valence-electron chi connectivity index (χ4n) is 0.984. The maximum absolute atomic E-state index is 10.7. The molecule has 5 nitrogen and oxygen atoms in total. The molecule has 0 saturated heterocycles. The van der Waals surface area contributed by atoms with Crippen molar-refractivity contribution in [3.8, 4) is 0 Å². The minimum Gasteiger partial charge on any atom is -0.364 e. The first-order valence-corrected chi connectivity index (χ1v) is 3.37. The van der Waals surface area contributed by atoms with Gasteiger partial charge in [-0.3, -0.25) is 9.78 Å². The second-order valence-corrected chi connectivity index (χ2v) is 2.34. The number of nitrogens with one attached hydrogen (secondary N) is 1. The monoisotopic (exact) mass is 162 g/mol. The Bertz CT molecular complexity index is 401. The van der Waals surface area contributed by atoms with Gasteiger partial charge in [-0.1, -0.05) is 0 Å². The van der Waals surface area contributed by atoms with Gasteiger partial charge < -0.3 is 10.7 Å². The number of primary amides is 1. The van der Waals surface area contributed by atoms with Crippen molar-refractivity contribution in [2.24, 2.45) is 5.73 Å². The van der Waals surface area contributed by atoms with Crippen molar-refractivity contribution < 1.29 is 4.79 Å². The number of nitrogens with two attached hydrogens (primary N) is 1. The van der Waals surface area contributed by atoms with Crippen LogP contribution in [0.1, 0.15) is 10.5 Å². The van der Waals surface area contributed by atoms with Crippen molar-refractivity contribution in [2.75, 3.05) is 0 Å². The average molecular weight is 162 g/mol. The van der Waals surface area contributed by atoms with Crippen LogP contribution in [-0.2, 0) is 0 Å². The van der Waals surface area contributed by atoms with Gasteiger partial charge in [-0.25, -0.2) is 4.98 Å². The van der Waals surface area contributed by atoms with Gasteiger partial charge in [0.25, 0.3) is 5.91 Å². The van der Waals surface area contributed by atoms with Gasteiger partial charge in [0, 0.05) is 12.4 Å². The number of hydrogen-bond acceptors (Lipinski definition) is 3. The normalized spacial score (nSPS) is 10.3. The molecule has 1 amide bonds. The van der Waals surface area contributed by atoms with Gasteiger partial charge in [0.1, 0.15) is 11.2 Å². The lowest BCUT2D eigenvalue weighted by molar-refractivity contribution is 0.0996. The second-order valence-electron chi connectivity index (χ2n) is 2.34. The summed E-state index contributed by atoms with van der Waals surface area (Å²) in [6, 6.07) is 1.57. The highest BCUT2D eigenvalue weighted by molar-refractivity contribution is 5.95. The van der Waals surface area contributed by atoms with Crippen LogP contribution >= 0.6 is 0 Å². The standard InChI is InChI=1S/C7H6N4O/c8-6(12)4-3-5-7(11-4)10-2-1-9-5/h1-3H,(H2,8,12)(H,10,11). The quantitative estimate of drug-likeness (QED) is 0.621. The van der Waals surface area contributed by atoms with Crippen LogP contribution in [0.2, 0.25) is 0 Å². The zero-order chi connectivity index (χ0) is 8.55. The van der Waals surface area contributed by atoms with Gasteiger partial charge in [0.15, 0.2) is 5.65 Å². The maximum Gasteiger partial charge on any atom is 0.265 e. The predicted molar refractivity (Wildman–Crippen MR) is 42.4 cm³/mol. The zero-order valence-corrected chi connectivity index (χ0v) is 6.11. The molecular weight excluding hydrogens is 156 g/mol. The van der Waals surface area contributed by atoms with E-state index in [0.717, 1.165) is 0 Å². The summed E-state index contributed by atoms with van der Waals surface area (Å²) >= 11 is 0. The number of rotatable bonds is 1. The molecule has 2 rings (SSSR count). The highest BCUT2D eigenvalue weighted by Crippen LogP contribution is 2.07. The SMILES string of the molecule is NC(=O)c1cc2nccnc2[nH]1. The van der Waals surface area contributed by atoms with E-state index in [1.807, 2.05) is 0 Å². The number of amides is 1. The number of nitrogens with zero attached hydrogens (tertiary/aromatic N) is 2. The number of carbonyl (C=O) groups is 1. The summed E-state index contributed by atoms with van der Waals surface area (Å²) in [5.74, 6) is -0.505. The molecule has 0 fully saturated rings. The minimum atomic E-state index is -0.505. The van der Waals surface area contributed by atoms with Crippen LogP contribution in [0.15, 0.2) is 18.5 Å². The molecule has 0 aromatic carbocycles. The van der Waals surface area contributed by atoms with E-state index in [9.17, 15) is 4.79 Å². The number of fused-ring (bicyclic) bond motifs is 1. The number of hydrogen-bond donors (Lipinski definition) is 2. The van der Waals surface area contributed by atoms with E-state index < -0.39 is 5.91 Å². The van der Waals surface area contributed by atoms with E-state index in [4.69, 9.17) is 5.73 Å². The van der Waals surface area contributed by atoms with Crippen LogP contribution in [0.25, 0.3) is 11.2 Å². The molecule has 0 aliphatic rings. The van der Waals surface area contributed by atoms with Gasteiger partial charge in [0.2, 0.25) is 0 Å². The Hall–Kier alpha value is -1.91. The fourth-order valence-corrected chi connectivity index (χ4v) is 0.984. The molecule has 0 aliphatic carbocycles. The van der Waals surface area contributed by atoms with Crippen molar-refractivity contribution in [3.05, 3.63) is 24.2 Å². The molecule has 0 atom stereocenters. The van der Waals surface area contributed by atoms with Crippen molar-refractivity contribution in [3.63, 3.8) is 0 Å².